The van der Waals surface area contributed by atoms with Crippen molar-refractivity contribution in [3.05, 3.63) is 63.3 Å². The normalized spacial score (nSPS) is 12.4. The minimum absolute atomic E-state index is 0.204. The molecule has 0 aliphatic heterocycles. The summed E-state index contributed by atoms with van der Waals surface area (Å²) in [6.45, 7) is 0. The quantitative estimate of drug-likeness (QED) is 0.919. The van der Waals surface area contributed by atoms with Gasteiger partial charge in [0, 0.05) is 33.8 Å². The second kappa shape index (κ2) is 6.32. The summed E-state index contributed by atoms with van der Waals surface area (Å²) in [7, 11) is 1.95. The fourth-order valence-corrected chi connectivity index (χ4v) is 2.78. The van der Waals surface area contributed by atoms with Gasteiger partial charge >= 0.3 is 0 Å². The fraction of sp³-hybridized carbons (Fsp3) is 0.214. The third kappa shape index (κ3) is 3.55. The third-order valence-corrected chi connectivity index (χ3v) is 3.45. The van der Waals surface area contributed by atoms with Crippen LogP contribution >= 0.6 is 27.5 Å². The number of nitrogens with one attached hydrogen (secondary N) is 1. The molecule has 0 saturated carbocycles. The molecule has 1 unspecified atom stereocenters. The van der Waals surface area contributed by atoms with Crippen molar-refractivity contribution in [1.29, 1.82) is 0 Å². The Morgan fingerprint density at radius 1 is 1.33 bits per heavy atom. The molecule has 1 aromatic carbocycles. The Labute approximate surface area is 121 Å². The number of pyridine rings is 1. The highest BCUT2D eigenvalue weighted by atomic mass is 79.9. The van der Waals surface area contributed by atoms with Gasteiger partial charge in [0.15, 0.2) is 0 Å². The van der Waals surface area contributed by atoms with Crippen LogP contribution < -0.4 is 5.32 Å². The number of hydrogen-bond acceptors (Lipinski definition) is 2. The molecule has 2 rings (SSSR count). The number of halogens is 2. The predicted molar refractivity (Wildman–Crippen MR) is 78.9 cm³/mol. The summed E-state index contributed by atoms with van der Waals surface area (Å²) in [4.78, 5) is 4.35. The van der Waals surface area contributed by atoms with Gasteiger partial charge in [-0.05, 0) is 42.9 Å². The Morgan fingerprint density at radius 2 is 2.17 bits per heavy atom. The van der Waals surface area contributed by atoms with Gasteiger partial charge in [0.25, 0.3) is 0 Å². The molecule has 0 spiro atoms. The Morgan fingerprint density at radius 3 is 2.78 bits per heavy atom. The zero-order valence-electron chi connectivity index (χ0n) is 10.0. The van der Waals surface area contributed by atoms with Gasteiger partial charge in [0.2, 0.25) is 0 Å². The number of rotatable bonds is 4. The van der Waals surface area contributed by atoms with E-state index >= 15 is 0 Å². The van der Waals surface area contributed by atoms with Gasteiger partial charge in [0.05, 0.1) is 0 Å². The lowest BCUT2D eigenvalue weighted by atomic mass is 10.0. The minimum atomic E-state index is 0.204. The highest BCUT2D eigenvalue weighted by molar-refractivity contribution is 9.10. The lowest BCUT2D eigenvalue weighted by Gasteiger charge is -2.17. The van der Waals surface area contributed by atoms with Crippen LogP contribution in [0.4, 0.5) is 0 Å². The van der Waals surface area contributed by atoms with Crippen molar-refractivity contribution in [3.63, 3.8) is 0 Å². The van der Waals surface area contributed by atoms with Gasteiger partial charge in [-0.3, -0.25) is 4.98 Å². The second-order valence-electron chi connectivity index (χ2n) is 4.07. The average Bonchev–Trinajstić information content (AvgIpc) is 2.36. The lowest BCUT2D eigenvalue weighted by molar-refractivity contribution is 0.584. The smallest absolute Gasteiger partial charge is 0.0422 e. The van der Waals surface area contributed by atoms with E-state index in [2.05, 4.69) is 32.3 Å². The molecule has 1 atom stereocenters. The topological polar surface area (TPSA) is 24.9 Å². The van der Waals surface area contributed by atoms with E-state index in [0.717, 1.165) is 27.2 Å². The van der Waals surface area contributed by atoms with E-state index in [9.17, 15) is 0 Å². The molecule has 94 valence electrons. The van der Waals surface area contributed by atoms with Crippen molar-refractivity contribution >= 4 is 27.5 Å². The molecule has 2 aromatic rings. The average molecular weight is 326 g/mol. The van der Waals surface area contributed by atoms with Crippen molar-refractivity contribution in [3.8, 4) is 0 Å². The summed E-state index contributed by atoms with van der Waals surface area (Å²) in [6, 6.07) is 12.1. The summed E-state index contributed by atoms with van der Waals surface area (Å²) in [5.41, 5.74) is 2.22. The van der Waals surface area contributed by atoms with E-state index in [1.54, 1.807) is 0 Å². The summed E-state index contributed by atoms with van der Waals surface area (Å²) >= 11 is 9.55. The first kappa shape index (κ1) is 13.5. The van der Waals surface area contributed by atoms with Crippen molar-refractivity contribution < 1.29 is 0 Å². The van der Waals surface area contributed by atoms with E-state index in [-0.39, 0.29) is 6.04 Å². The van der Waals surface area contributed by atoms with Crippen LogP contribution in [0.2, 0.25) is 5.02 Å². The van der Waals surface area contributed by atoms with Gasteiger partial charge < -0.3 is 5.32 Å². The highest BCUT2D eigenvalue weighted by Gasteiger charge is 2.12. The maximum Gasteiger partial charge on any atom is 0.0422 e. The van der Waals surface area contributed by atoms with Crippen LogP contribution in [0.15, 0.2) is 47.1 Å². The van der Waals surface area contributed by atoms with Crippen molar-refractivity contribution in [2.24, 2.45) is 0 Å². The molecule has 1 aromatic heterocycles. The maximum atomic E-state index is 6.08. The molecule has 0 fully saturated rings. The molecule has 0 amide bonds. The van der Waals surface area contributed by atoms with Crippen LogP contribution in [-0.4, -0.2) is 12.0 Å². The van der Waals surface area contributed by atoms with E-state index in [1.165, 1.54) is 0 Å². The van der Waals surface area contributed by atoms with Crippen LogP contribution in [0.5, 0.6) is 0 Å². The standard InChI is InChI=1S/C14H14BrClN2/c1-17-14(9-13-4-2-3-5-18-13)10-6-11(15)8-12(16)7-10/h2-8,14,17H,9H2,1H3. The van der Waals surface area contributed by atoms with Crippen LogP contribution in [0, 0.1) is 0 Å². The summed E-state index contributed by atoms with van der Waals surface area (Å²) in [5, 5.41) is 4.04. The minimum Gasteiger partial charge on any atom is -0.313 e. The van der Waals surface area contributed by atoms with Crippen LogP contribution in [0.25, 0.3) is 0 Å². The molecule has 4 heteroatoms. The molecular weight excluding hydrogens is 312 g/mol. The molecular formula is C14H14BrClN2. The number of likely N-dealkylation sites (N-methyl/N-ethyl adjacent to an activating group) is 1. The number of hydrogen-bond donors (Lipinski definition) is 1. The SMILES string of the molecule is CNC(Cc1ccccn1)c1cc(Cl)cc(Br)c1. The Hall–Kier alpha value is -0.900. The van der Waals surface area contributed by atoms with Crippen molar-refractivity contribution in [1.82, 2.24) is 10.3 Å². The molecule has 0 aliphatic carbocycles. The molecule has 0 bridgehead atoms. The highest BCUT2D eigenvalue weighted by Crippen LogP contribution is 2.25. The first-order valence-electron chi connectivity index (χ1n) is 5.72. The first-order chi connectivity index (χ1) is 8.69. The molecule has 1 heterocycles. The van der Waals surface area contributed by atoms with Gasteiger partial charge in [-0.1, -0.05) is 33.6 Å². The second-order valence-corrected chi connectivity index (χ2v) is 5.42. The molecule has 0 aliphatic rings. The van der Waals surface area contributed by atoms with Crippen LogP contribution in [0.1, 0.15) is 17.3 Å². The van der Waals surface area contributed by atoms with E-state index in [4.69, 9.17) is 11.6 Å². The zero-order valence-corrected chi connectivity index (χ0v) is 12.4. The van der Waals surface area contributed by atoms with Gasteiger partial charge in [0.1, 0.15) is 0 Å². The van der Waals surface area contributed by atoms with Crippen LogP contribution in [-0.2, 0) is 6.42 Å². The fourth-order valence-electron chi connectivity index (χ4n) is 1.89. The van der Waals surface area contributed by atoms with Gasteiger partial charge in [-0.2, -0.15) is 0 Å². The largest absolute Gasteiger partial charge is 0.313 e. The predicted octanol–water partition coefficient (Wildman–Crippen LogP) is 4.00. The maximum absolute atomic E-state index is 6.08. The summed E-state index contributed by atoms with van der Waals surface area (Å²) in [5.74, 6) is 0. The Kier molecular flexibility index (Phi) is 4.75. The molecule has 2 nitrogen and oxygen atoms in total. The number of aromatic nitrogens is 1. The molecule has 0 radical (unpaired) electrons. The monoisotopic (exact) mass is 324 g/mol. The summed E-state index contributed by atoms with van der Waals surface area (Å²) in [6.07, 6.45) is 2.65. The van der Waals surface area contributed by atoms with Gasteiger partial charge in [-0.15, -0.1) is 0 Å². The molecule has 18 heavy (non-hydrogen) atoms. The van der Waals surface area contributed by atoms with E-state index < -0.39 is 0 Å². The number of benzene rings is 1. The van der Waals surface area contributed by atoms with Crippen molar-refractivity contribution in [2.45, 2.75) is 12.5 Å². The zero-order chi connectivity index (χ0) is 13.0. The lowest BCUT2D eigenvalue weighted by Crippen LogP contribution is -2.19. The Balaban J connectivity index is 2.23. The van der Waals surface area contributed by atoms with E-state index in [0.29, 0.717) is 0 Å². The van der Waals surface area contributed by atoms with Crippen molar-refractivity contribution in [2.75, 3.05) is 7.05 Å². The summed E-state index contributed by atoms with van der Waals surface area (Å²) < 4.78 is 0.992. The first-order valence-corrected chi connectivity index (χ1v) is 6.89. The van der Waals surface area contributed by atoms with Gasteiger partial charge in [-0.25, -0.2) is 0 Å². The molecule has 1 N–H and O–H groups in total. The number of nitrogens with zero attached hydrogens (tertiary/aromatic N) is 1. The molecule has 0 saturated heterocycles. The Bertz CT molecular complexity index is 496. The van der Waals surface area contributed by atoms with E-state index in [1.807, 2.05) is 43.6 Å². The van der Waals surface area contributed by atoms with Crippen LogP contribution in [0.3, 0.4) is 0 Å². The third-order valence-electron chi connectivity index (χ3n) is 2.78.